The van der Waals surface area contributed by atoms with Gasteiger partial charge in [0, 0.05) is 18.0 Å². The number of nitrogens with one attached hydrogen (secondary N) is 1. The first kappa shape index (κ1) is 21.8. The molecule has 1 aromatic rings. The van der Waals surface area contributed by atoms with E-state index in [9.17, 15) is 9.59 Å². The Kier molecular flexibility index (Phi) is 7.11. The molecule has 0 unspecified atom stereocenters. The van der Waals surface area contributed by atoms with Crippen LogP contribution in [0.25, 0.3) is 6.08 Å². The Bertz CT molecular complexity index is 731. The second-order valence-electron chi connectivity index (χ2n) is 8.87. The summed E-state index contributed by atoms with van der Waals surface area (Å²) in [5, 5.41) is 2.91. The van der Waals surface area contributed by atoms with Crippen LogP contribution < -0.4 is 14.8 Å². The lowest BCUT2D eigenvalue weighted by molar-refractivity contribution is -0.144. The van der Waals surface area contributed by atoms with Crippen LogP contribution in [0.1, 0.15) is 53.0 Å². The first-order valence-electron chi connectivity index (χ1n) is 9.60. The lowest BCUT2D eigenvalue weighted by Crippen LogP contribution is -2.47. The predicted octanol–water partition coefficient (Wildman–Crippen LogP) is 3.74. The van der Waals surface area contributed by atoms with Crippen molar-refractivity contribution >= 4 is 18.0 Å². The van der Waals surface area contributed by atoms with Crippen LogP contribution in [-0.4, -0.2) is 37.2 Å². The fourth-order valence-electron chi connectivity index (χ4n) is 3.42. The van der Waals surface area contributed by atoms with Gasteiger partial charge in [0.05, 0.1) is 13.2 Å². The van der Waals surface area contributed by atoms with Crippen molar-refractivity contribution in [1.29, 1.82) is 0 Å². The molecule has 154 valence electrons. The van der Waals surface area contributed by atoms with Crippen molar-refractivity contribution < 1.29 is 23.8 Å². The molecule has 1 heterocycles. The van der Waals surface area contributed by atoms with Crippen LogP contribution in [0.3, 0.4) is 0 Å². The van der Waals surface area contributed by atoms with Crippen LogP contribution in [0.15, 0.2) is 24.3 Å². The van der Waals surface area contributed by atoms with Crippen molar-refractivity contribution in [2.24, 2.45) is 5.41 Å². The summed E-state index contributed by atoms with van der Waals surface area (Å²) in [6.07, 6.45) is 4.57. The molecule has 0 saturated carbocycles. The van der Waals surface area contributed by atoms with Gasteiger partial charge in [-0.3, -0.25) is 4.79 Å². The zero-order valence-corrected chi connectivity index (χ0v) is 17.5. The Balaban J connectivity index is 1.83. The van der Waals surface area contributed by atoms with Crippen molar-refractivity contribution in [2.45, 2.75) is 53.0 Å². The highest BCUT2D eigenvalue weighted by atomic mass is 16.5. The van der Waals surface area contributed by atoms with Gasteiger partial charge in [-0.05, 0) is 49.5 Å². The number of fused-ring (bicyclic) bond motifs is 1. The largest absolute Gasteiger partial charge is 0.490 e. The Morgan fingerprint density at radius 2 is 1.79 bits per heavy atom. The SMILES string of the molecule is CC(C)(C)CC(C)(C)NC(=O)COC(=O)/C=C/c1ccc2c(c1)OCCCO2. The number of hydrogen-bond acceptors (Lipinski definition) is 5. The fraction of sp³-hybridized carbons (Fsp3) is 0.545. The molecule has 1 aliphatic heterocycles. The average Bonchev–Trinajstić information content (AvgIpc) is 2.80. The summed E-state index contributed by atoms with van der Waals surface area (Å²) in [5.74, 6) is 0.475. The van der Waals surface area contributed by atoms with Gasteiger partial charge in [-0.25, -0.2) is 4.79 Å². The minimum absolute atomic E-state index is 0.0822. The highest BCUT2D eigenvalue weighted by Gasteiger charge is 2.27. The molecule has 6 nitrogen and oxygen atoms in total. The number of carbonyl (C=O) groups excluding carboxylic acids is 2. The first-order chi connectivity index (χ1) is 13.0. The maximum Gasteiger partial charge on any atom is 0.331 e. The summed E-state index contributed by atoms with van der Waals surface area (Å²) >= 11 is 0. The predicted molar refractivity (Wildman–Crippen MR) is 108 cm³/mol. The number of ether oxygens (including phenoxy) is 3. The Morgan fingerprint density at radius 3 is 2.46 bits per heavy atom. The van der Waals surface area contributed by atoms with Gasteiger partial charge in [0.1, 0.15) is 0 Å². The van der Waals surface area contributed by atoms with E-state index in [-0.39, 0.29) is 23.5 Å². The molecule has 1 N–H and O–H groups in total. The van der Waals surface area contributed by atoms with Crippen LogP contribution >= 0.6 is 0 Å². The zero-order chi connectivity index (χ0) is 20.8. The normalized spacial score (nSPS) is 14.5. The maximum atomic E-state index is 12.1. The number of carbonyl (C=O) groups is 2. The molecule has 0 spiro atoms. The fourth-order valence-corrected chi connectivity index (χ4v) is 3.42. The van der Waals surface area contributed by atoms with Gasteiger partial charge in [-0.2, -0.15) is 0 Å². The standard InChI is InChI=1S/C22H31NO5/c1-21(2,3)15-22(4,5)23-19(24)14-28-20(25)10-8-16-7-9-17-18(13-16)27-12-6-11-26-17/h7-10,13H,6,11-12,14-15H2,1-5H3,(H,23,24)/b10-8+. The molecule has 6 heteroatoms. The molecule has 0 aromatic heterocycles. The molecule has 0 aliphatic carbocycles. The van der Waals surface area contributed by atoms with Gasteiger partial charge in [0.2, 0.25) is 0 Å². The molecule has 1 amide bonds. The van der Waals surface area contributed by atoms with Crippen LogP contribution in [0, 0.1) is 5.41 Å². The van der Waals surface area contributed by atoms with Gasteiger partial charge < -0.3 is 19.5 Å². The third-order valence-electron chi connectivity index (χ3n) is 3.98. The van der Waals surface area contributed by atoms with Crippen molar-refractivity contribution in [3.63, 3.8) is 0 Å². The number of esters is 1. The van der Waals surface area contributed by atoms with Crippen molar-refractivity contribution in [3.8, 4) is 11.5 Å². The van der Waals surface area contributed by atoms with E-state index in [0.29, 0.717) is 24.7 Å². The van der Waals surface area contributed by atoms with Crippen LogP contribution in [0.4, 0.5) is 0 Å². The second-order valence-corrected chi connectivity index (χ2v) is 8.87. The maximum absolute atomic E-state index is 12.1. The van der Waals surface area contributed by atoms with Crippen LogP contribution in [0.5, 0.6) is 11.5 Å². The third kappa shape index (κ3) is 7.62. The van der Waals surface area contributed by atoms with E-state index in [1.807, 2.05) is 32.0 Å². The molecule has 0 radical (unpaired) electrons. The molecular weight excluding hydrogens is 358 g/mol. The summed E-state index contributed by atoms with van der Waals surface area (Å²) < 4.78 is 16.2. The molecule has 2 rings (SSSR count). The van der Waals surface area contributed by atoms with E-state index in [4.69, 9.17) is 14.2 Å². The van der Waals surface area contributed by atoms with Gasteiger partial charge in [0.15, 0.2) is 18.1 Å². The van der Waals surface area contributed by atoms with E-state index in [2.05, 4.69) is 26.1 Å². The average molecular weight is 389 g/mol. The molecule has 1 aromatic carbocycles. The van der Waals surface area contributed by atoms with Gasteiger partial charge in [-0.1, -0.05) is 26.8 Å². The number of rotatable bonds is 6. The summed E-state index contributed by atoms with van der Waals surface area (Å²) in [7, 11) is 0. The molecule has 0 fully saturated rings. The topological polar surface area (TPSA) is 73.9 Å². The minimum atomic E-state index is -0.573. The van der Waals surface area contributed by atoms with Crippen molar-refractivity contribution in [1.82, 2.24) is 5.32 Å². The van der Waals surface area contributed by atoms with Crippen molar-refractivity contribution in [2.75, 3.05) is 19.8 Å². The van der Waals surface area contributed by atoms with Crippen molar-refractivity contribution in [3.05, 3.63) is 29.8 Å². The smallest absolute Gasteiger partial charge is 0.331 e. The summed E-state index contributed by atoms with van der Waals surface area (Å²) in [6.45, 7) is 11.2. The van der Waals surface area contributed by atoms with Gasteiger partial charge >= 0.3 is 5.97 Å². The molecule has 0 atom stereocenters. The minimum Gasteiger partial charge on any atom is -0.490 e. The van der Waals surface area contributed by atoms with E-state index in [0.717, 1.165) is 18.4 Å². The first-order valence-corrected chi connectivity index (χ1v) is 9.60. The molecule has 28 heavy (non-hydrogen) atoms. The summed E-state index contributed by atoms with van der Waals surface area (Å²) in [5.41, 5.74) is 0.498. The zero-order valence-electron chi connectivity index (χ0n) is 17.5. The highest BCUT2D eigenvalue weighted by molar-refractivity contribution is 5.89. The summed E-state index contributed by atoms with van der Waals surface area (Å²) in [4.78, 5) is 24.0. The third-order valence-corrected chi connectivity index (χ3v) is 3.98. The molecular formula is C22H31NO5. The molecule has 0 saturated heterocycles. The summed E-state index contributed by atoms with van der Waals surface area (Å²) in [6, 6.07) is 5.46. The Labute approximate surface area is 167 Å². The van der Waals surface area contributed by atoms with Crippen LogP contribution in [0.2, 0.25) is 0 Å². The molecule has 0 bridgehead atoms. The highest BCUT2D eigenvalue weighted by Crippen LogP contribution is 2.30. The van der Waals surface area contributed by atoms with Gasteiger partial charge in [-0.15, -0.1) is 0 Å². The Hall–Kier alpha value is -2.50. The lowest BCUT2D eigenvalue weighted by atomic mass is 9.82. The van der Waals surface area contributed by atoms with E-state index < -0.39 is 5.97 Å². The van der Waals surface area contributed by atoms with E-state index in [1.54, 1.807) is 6.08 Å². The second kappa shape index (κ2) is 9.13. The van der Waals surface area contributed by atoms with Gasteiger partial charge in [0.25, 0.3) is 5.91 Å². The van der Waals surface area contributed by atoms with E-state index >= 15 is 0 Å². The number of hydrogen-bond donors (Lipinski definition) is 1. The number of amides is 1. The Morgan fingerprint density at radius 1 is 1.11 bits per heavy atom. The number of benzene rings is 1. The monoisotopic (exact) mass is 389 g/mol. The van der Waals surface area contributed by atoms with E-state index in [1.165, 1.54) is 6.08 Å². The van der Waals surface area contributed by atoms with Crippen LogP contribution in [-0.2, 0) is 14.3 Å². The molecule has 1 aliphatic rings. The lowest BCUT2D eigenvalue weighted by Gasteiger charge is -2.33. The quantitative estimate of drug-likeness (QED) is 0.593.